The van der Waals surface area contributed by atoms with Gasteiger partial charge in [0.25, 0.3) is 11.8 Å². The van der Waals surface area contributed by atoms with Crippen LogP contribution in [0.5, 0.6) is 0 Å². The maximum Gasteiger partial charge on any atom is 0.268 e. The highest BCUT2D eigenvalue weighted by molar-refractivity contribution is 5.98. The number of aliphatic hydroxyl groups excluding tert-OH is 1. The summed E-state index contributed by atoms with van der Waals surface area (Å²) in [6, 6.07) is 0.766. The van der Waals surface area contributed by atoms with Crippen LogP contribution < -0.4 is 11.1 Å². The second-order valence-electron chi connectivity index (χ2n) is 6.33. The zero-order valence-corrected chi connectivity index (χ0v) is 14.3. The Hall–Kier alpha value is -2.88. The summed E-state index contributed by atoms with van der Waals surface area (Å²) in [5.74, 6) is -1.01. The second-order valence-corrected chi connectivity index (χ2v) is 6.33. The molecule has 2 aromatic rings. The Bertz CT molecular complexity index is 817. The van der Waals surface area contributed by atoms with Crippen LogP contribution in [0.15, 0.2) is 18.5 Å². The Morgan fingerprint density at radius 3 is 2.96 bits per heavy atom. The summed E-state index contributed by atoms with van der Waals surface area (Å²) in [7, 11) is 0. The molecule has 2 unspecified atom stereocenters. The molecule has 2 aromatic heterocycles. The molecule has 0 spiro atoms. The number of nitrogens with one attached hydrogen (secondary N) is 2. The Morgan fingerprint density at radius 1 is 1.54 bits per heavy atom. The SMILES string of the molecule is CC1CC(NC(=O)c2cc(F)c[nH]2)CN1C(=O)c1cnn(CCO)c1N. The van der Waals surface area contributed by atoms with Crippen LogP contribution in [-0.4, -0.2) is 61.8 Å². The zero-order valence-electron chi connectivity index (χ0n) is 14.3. The van der Waals surface area contributed by atoms with Crippen molar-refractivity contribution in [2.45, 2.75) is 32.0 Å². The molecule has 0 aromatic carbocycles. The fourth-order valence-electron chi connectivity index (χ4n) is 3.17. The fraction of sp³-hybridized carbons (Fsp3) is 0.438. The summed E-state index contributed by atoms with van der Waals surface area (Å²) in [5.41, 5.74) is 6.33. The quantitative estimate of drug-likeness (QED) is 0.591. The number of nitrogens with two attached hydrogens (primary N) is 1. The molecule has 3 rings (SSSR count). The Morgan fingerprint density at radius 2 is 2.31 bits per heavy atom. The number of aromatic nitrogens is 3. The van der Waals surface area contributed by atoms with Crippen LogP contribution >= 0.6 is 0 Å². The van der Waals surface area contributed by atoms with Crippen LogP contribution in [0.2, 0.25) is 0 Å². The van der Waals surface area contributed by atoms with Gasteiger partial charge in [0.2, 0.25) is 0 Å². The normalized spacial score (nSPS) is 19.7. The number of rotatable bonds is 5. The standard InChI is InChI=1S/C16H21FN6O3/c1-9-4-11(21-15(25)13-5-10(17)6-19-13)8-22(9)16(26)12-7-20-23(2-3-24)14(12)18/h5-7,9,11,19,24H,2-4,8,18H2,1H3,(H,21,25). The van der Waals surface area contributed by atoms with Gasteiger partial charge in [-0.2, -0.15) is 5.10 Å². The highest BCUT2D eigenvalue weighted by Crippen LogP contribution is 2.23. The lowest BCUT2D eigenvalue weighted by molar-refractivity contribution is 0.0741. The molecule has 1 aliphatic rings. The third kappa shape index (κ3) is 3.40. The third-order valence-electron chi connectivity index (χ3n) is 4.49. The molecule has 1 aliphatic heterocycles. The van der Waals surface area contributed by atoms with E-state index in [-0.39, 0.29) is 48.2 Å². The van der Waals surface area contributed by atoms with E-state index in [9.17, 15) is 14.0 Å². The van der Waals surface area contributed by atoms with Crippen molar-refractivity contribution < 1.29 is 19.1 Å². The van der Waals surface area contributed by atoms with Crippen LogP contribution in [0.4, 0.5) is 10.2 Å². The molecule has 3 heterocycles. The number of anilines is 1. The van der Waals surface area contributed by atoms with Crippen LogP contribution in [0.3, 0.4) is 0 Å². The molecule has 10 heteroatoms. The van der Waals surface area contributed by atoms with Gasteiger partial charge in [0.1, 0.15) is 22.9 Å². The first kappa shape index (κ1) is 17.9. The molecule has 0 aliphatic carbocycles. The first-order valence-corrected chi connectivity index (χ1v) is 8.28. The number of amides is 2. The number of carbonyl (C=O) groups excluding carboxylic acids is 2. The van der Waals surface area contributed by atoms with E-state index in [0.717, 1.165) is 12.3 Å². The molecule has 2 atom stereocenters. The van der Waals surface area contributed by atoms with E-state index in [0.29, 0.717) is 13.0 Å². The van der Waals surface area contributed by atoms with Crippen molar-refractivity contribution in [2.24, 2.45) is 0 Å². The van der Waals surface area contributed by atoms with Crippen molar-refractivity contribution in [3.63, 3.8) is 0 Å². The van der Waals surface area contributed by atoms with Gasteiger partial charge in [-0.05, 0) is 13.3 Å². The van der Waals surface area contributed by atoms with Crippen molar-refractivity contribution >= 4 is 17.6 Å². The molecule has 140 valence electrons. The minimum absolute atomic E-state index is 0.103. The largest absolute Gasteiger partial charge is 0.394 e. The lowest BCUT2D eigenvalue weighted by Crippen LogP contribution is -2.39. The van der Waals surface area contributed by atoms with E-state index in [2.05, 4.69) is 15.4 Å². The third-order valence-corrected chi connectivity index (χ3v) is 4.49. The van der Waals surface area contributed by atoms with Gasteiger partial charge in [0, 0.05) is 30.9 Å². The minimum Gasteiger partial charge on any atom is -0.394 e. The van der Waals surface area contributed by atoms with Crippen molar-refractivity contribution in [2.75, 3.05) is 18.9 Å². The van der Waals surface area contributed by atoms with Crippen LogP contribution in [0.1, 0.15) is 34.2 Å². The highest BCUT2D eigenvalue weighted by atomic mass is 19.1. The van der Waals surface area contributed by atoms with Gasteiger partial charge in [-0.3, -0.25) is 9.59 Å². The summed E-state index contributed by atoms with van der Waals surface area (Å²) < 4.78 is 14.4. The molecule has 2 amide bonds. The predicted molar refractivity (Wildman–Crippen MR) is 90.8 cm³/mol. The molecular weight excluding hydrogens is 343 g/mol. The maximum atomic E-state index is 13.0. The lowest BCUT2D eigenvalue weighted by Gasteiger charge is -2.21. The Kier molecular flexibility index (Phi) is 4.94. The first-order valence-electron chi connectivity index (χ1n) is 8.28. The van der Waals surface area contributed by atoms with Crippen molar-refractivity contribution in [3.05, 3.63) is 35.5 Å². The summed E-state index contributed by atoms with van der Waals surface area (Å²) in [4.78, 5) is 29.1. The average Bonchev–Trinajstić information content (AvgIpc) is 3.28. The smallest absolute Gasteiger partial charge is 0.268 e. The summed E-state index contributed by atoms with van der Waals surface area (Å²) in [6.07, 6.45) is 3.06. The van der Waals surface area contributed by atoms with Crippen molar-refractivity contribution in [1.82, 2.24) is 25.0 Å². The number of likely N-dealkylation sites (tertiary alicyclic amines) is 1. The zero-order chi connectivity index (χ0) is 18.8. The van der Waals surface area contributed by atoms with Gasteiger partial charge in [0.05, 0.1) is 19.3 Å². The summed E-state index contributed by atoms with van der Waals surface area (Å²) in [5, 5.41) is 15.8. The van der Waals surface area contributed by atoms with Crippen LogP contribution in [0.25, 0.3) is 0 Å². The Balaban J connectivity index is 1.66. The number of nitrogens with zero attached hydrogens (tertiary/aromatic N) is 3. The molecular formula is C16H21FN6O3. The summed E-state index contributed by atoms with van der Waals surface area (Å²) in [6.45, 7) is 2.28. The van der Waals surface area contributed by atoms with Gasteiger partial charge in [-0.15, -0.1) is 0 Å². The molecule has 1 fully saturated rings. The molecule has 9 nitrogen and oxygen atoms in total. The van der Waals surface area contributed by atoms with Crippen LogP contribution in [0, 0.1) is 5.82 Å². The number of aliphatic hydroxyl groups is 1. The number of aromatic amines is 1. The van der Waals surface area contributed by atoms with E-state index in [1.807, 2.05) is 6.92 Å². The van der Waals surface area contributed by atoms with Gasteiger partial charge in [0.15, 0.2) is 0 Å². The molecule has 0 radical (unpaired) electrons. The van der Waals surface area contributed by atoms with Gasteiger partial charge >= 0.3 is 0 Å². The molecule has 0 saturated carbocycles. The first-order chi connectivity index (χ1) is 12.4. The number of hydrogen-bond donors (Lipinski definition) is 4. The monoisotopic (exact) mass is 364 g/mol. The molecule has 1 saturated heterocycles. The maximum absolute atomic E-state index is 13.0. The van der Waals surface area contributed by atoms with Crippen LogP contribution in [-0.2, 0) is 6.54 Å². The number of nitrogen functional groups attached to an aromatic ring is 1. The van der Waals surface area contributed by atoms with Crippen molar-refractivity contribution in [3.8, 4) is 0 Å². The minimum atomic E-state index is -0.512. The average molecular weight is 364 g/mol. The van der Waals surface area contributed by atoms with E-state index in [1.54, 1.807) is 4.90 Å². The fourth-order valence-corrected chi connectivity index (χ4v) is 3.17. The number of hydrogen-bond acceptors (Lipinski definition) is 5. The summed E-state index contributed by atoms with van der Waals surface area (Å²) >= 11 is 0. The lowest BCUT2D eigenvalue weighted by atomic mass is 10.2. The van der Waals surface area contributed by atoms with Gasteiger partial charge in [-0.25, -0.2) is 9.07 Å². The number of H-pyrrole nitrogens is 1. The number of halogens is 1. The van der Waals surface area contributed by atoms with E-state index < -0.39 is 11.7 Å². The van der Waals surface area contributed by atoms with E-state index >= 15 is 0 Å². The Labute approximate surface area is 149 Å². The second kappa shape index (κ2) is 7.16. The van der Waals surface area contributed by atoms with E-state index in [1.165, 1.54) is 10.9 Å². The van der Waals surface area contributed by atoms with Crippen molar-refractivity contribution in [1.29, 1.82) is 0 Å². The topological polar surface area (TPSA) is 129 Å². The number of carbonyl (C=O) groups is 2. The van der Waals surface area contributed by atoms with Gasteiger partial charge < -0.3 is 26.0 Å². The molecule has 5 N–H and O–H groups in total. The molecule has 26 heavy (non-hydrogen) atoms. The van der Waals surface area contributed by atoms with Gasteiger partial charge in [-0.1, -0.05) is 0 Å². The molecule has 0 bridgehead atoms. The van der Waals surface area contributed by atoms with E-state index in [4.69, 9.17) is 10.8 Å². The highest BCUT2D eigenvalue weighted by Gasteiger charge is 2.35. The predicted octanol–water partition coefficient (Wildman–Crippen LogP) is -0.0422.